The van der Waals surface area contributed by atoms with Crippen LogP contribution >= 0.6 is 22.9 Å². The number of hydrogen-bond donors (Lipinski definition) is 0. The number of amides is 1. The molecule has 52 heavy (non-hydrogen) atoms. The molecule has 3 heterocycles. The van der Waals surface area contributed by atoms with Crippen LogP contribution in [-0.4, -0.2) is 91.2 Å². The molecule has 4 rings (SSSR count). The minimum Gasteiger partial charge on any atom is -0.469 e. The Morgan fingerprint density at radius 1 is 1.02 bits per heavy atom. The number of ether oxygens (including phenoxy) is 6. The van der Waals surface area contributed by atoms with Gasteiger partial charge in [0.2, 0.25) is 5.91 Å². The summed E-state index contributed by atoms with van der Waals surface area (Å²) in [6.07, 6.45) is 6.16. The van der Waals surface area contributed by atoms with E-state index in [-0.39, 0.29) is 17.9 Å². The van der Waals surface area contributed by atoms with Crippen LogP contribution in [0.15, 0.2) is 48.6 Å². The van der Waals surface area contributed by atoms with Crippen LogP contribution in [-0.2, 0) is 58.8 Å². The first kappa shape index (κ1) is 41.0. The zero-order valence-electron chi connectivity index (χ0n) is 30.2. The Morgan fingerprint density at radius 3 is 2.40 bits per heavy atom. The molecule has 7 atom stereocenters. The Morgan fingerprint density at radius 2 is 1.71 bits per heavy atom. The SMILES string of the molecule is COC(=O)CCC/C=C\CN1C(=O)CCC[C@@H]1/C=C/C(CCc1sc2ccccc2c1Cl)O[C@@H]1OC(C)[C@@H](OC(C)=O)[C@H](OC(C)=O)C1OC(C)=O. The maximum absolute atomic E-state index is 13.1. The van der Waals surface area contributed by atoms with Crippen molar-refractivity contribution in [3.8, 4) is 0 Å². The largest absolute Gasteiger partial charge is 0.469 e. The molecule has 2 saturated heterocycles. The van der Waals surface area contributed by atoms with Gasteiger partial charge in [0.15, 0.2) is 24.6 Å². The summed E-state index contributed by atoms with van der Waals surface area (Å²) < 4.78 is 35.2. The van der Waals surface area contributed by atoms with Crippen molar-refractivity contribution in [2.24, 2.45) is 0 Å². The minimum atomic E-state index is -1.26. The smallest absolute Gasteiger partial charge is 0.305 e. The lowest BCUT2D eigenvalue weighted by molar-refractivity contribution is -0.307. The second-order valence-corrected chi connectivity index (χ2v) is 14.3. The Bertz CT molecular complexity index is 1620. The number of halogens is 1. The van der Waals surface area contributed by atoms with Gasteiger partial charge in [-0.05, 0) is 51.5 Å². The number of piperidine rings is 1. The number of methoxy groups -OCH3 is 1. The number of rotatable bonds is 16. The summed E-state index contributed by atoms with van der Waals surface area (Å²) in [6.45, 7) is 5.71. The summed E-state index contributed by atoms with van der Waals surface area (Å²) >= 11 is 8.39. The van der Waals surface area contributed by atoms with Crippen LogP contribution in [0, 0.1) is 0 Å². The van der Waals surface area contributed by atoms with Gasteiger partial charge < -0.3 is 33.3 Å². The monoisotopic (exact) mass is 761 g/mol. The number of hydrogen-bond acceptors (Lipinski definition) is 12. The van der Waals surface area contributed by atoms with E-state index < -0.39 is 54.7 Å². The molecule has 0 aliphatic carbocycles. The van der Waals surface area contributed by atoms with Crippen LogP contribution < -0.4 is 0 Å². The summed E-state index contributed by atoms with van der Waals surface area (Å²) in [7, 11) is 1.37. The van der Waals surface area contributed by atoms with Gasteiger partial charge in [-0.15, -0.1) is 11.3 Å². The van der Waals surface area contributed by atoms with Crippen molar-refractivity contribution in [3.63, 3.8) is 0 Å². The predicted octanol–water partition coefficient (Wildman–Crippen LogP) is 6.25. The molecule has 2 aromatic rings. The molecular weight excluding hydrogens is 714 g/mol. The summed E-state index contributed by atoms with van der Waals surface area (Å²) in [5, 5.41) is 1.64. The van der Waals surface area contributed by atoms with Crippen LogP contribution in [0.4, 0.5) is 0 Å². The number of carbonyl (C=O) groups is 5. The molecule has 1 aromatic heterocycles. The zero-order valence-corrected chi connectivity index (χ0v) is 31.8. The summed E-state index contributed by atoms with van der Waals surface area (Å²) in [4.78, 5) is 63.8. The quantitative estimate of drug-likeness (QED) is 0.0829. The second-order valence-electron chi connectivity index (χ2n) is 12.8. The van der Waals surface area contributed by atoms with Gasteiger partial charge in [0, 0.05) is 55.1 Å². The van der Waals surface area contributed by atoms with Gasteiger partial charge in [0.25, 0.3) is 0 Å². The first-order valence-electron chi connectivity index (χ1n) is 17.6. The lowest BCUT2D eigenvalue weighted by atomic mass is 9.98. The van der Waals surface area contributed by atoms with Gasteiger partial charge in [0.05, 0.1) is 30.4 Å². The number of benzene rings is 1. The number of unbranched alkanes of at least 4 members (excludes halogenated alkanes) is 1. The van der Waals surface area contributed by atoms with E-state index in [0.29, 0.717) is 50.1 Å². The van der Waals surface area contributed by atoms with Crippen LogP contribution in [0.2, 0.25) is 5.02 Å². The lowest BCUT2D eigenvalue weighted by Crippen LogP contribution is -2.61. The number of aryl methyl sites for hydroxylation is 1. The van der Waals surface area contributed by atoms with Gasteiger partial charge in [-0.1, -0.05) is 54.1 Å². The molecular formula is C38H48ClNO11S. The van der Waals surface area contributed by atoms with Crippen LogP contribution in [0.5, 0.6) is 0 Å². The van der Waals surface area contributed by atoms with Crippen molar-refractivity contribution >= 4 is 62.8 Å². The van der Waals surface area contributed by atoms with Crippen molar-refractivity contribution in [2.75, 3.05) is 13.7 Å². The summed E-state index contributed by atoms with van der Waals surface area (Å²) in [6, 6.07) is 7.68. The third-order valence-corrected chi connectivity index (χ3v) is 10.6. The molecule has 3 unspecified atom stereocenters. The summed E-state index contributed by atoms with van der Waals surface area (Å²) in [5.74, 6) is -2.18. The second kappa shape index (κ2) is 19.9. The first-order valence-corrected chi connectivity index (χ1v) is 18.8. The number of fused-ring (bicyclic) bond motifs is 1. The molecule has 0 radical (unpaired) electrons. The average molecular weight is 762 g/mol. The standard InChI is InChI=1S/C38H48ClNO11S/c1-23-35(48-24(2)41)36(49-25(3)42)37(50-26(4)43)38(47-23)51-28(20-21-31-34(39)29-14-9-10-15-30(29)52-31)19-18-27-13-12-16-32(44)40(27)22-11-7-6-8-17-33(45)46-5/h7,9-11,14-15,18-19,23,27-28,35-38H,6,8,12-13,16-17,20-22H2,1-5H3/b11-7-,19-18+/t23?,27-,28?,35-,36+,37?,38+/m1/s1. The van der Waals surface area contributed by atoms with E-state index >= 15 is 0 Å². The van der Waals surface area contributed by atoms with Crippen LogP contribution in [0.1, 0.15) is 77.5 Å². The fourth-order valence-corrected chi connectivity index (χ4v) is 7.91. The normalized spacial score (nSPS) is 24.3. The minimum absolute atomic E-state index is 0.0368. The average Bonchev–Trinajstić information content (AvgIpc) is 3.42. The van der Waals surface area contributed by atoms with E-state index in [1.807, 2.05) is 53.5 Å². The number of thiophene rings is 1. The number of allylic oxidation sites excluding steroid dienone is 1. The third-order valence-electron chi connectivity index (χ3n) is 8.81. The van der Waals surface area contributed by atoms with E-state index in [4.69, 9.17) is 40.0 Å². The topological polar surface area (TPSA) is 144 Å². The molecule has 1 aromatic carbocycles. The molecule has 2 fully saturated rings. The highest BCUT2D eigenvalue weighted by Gasteiger charge is 2.51. The highest BCUT2D eigenvalue weighted by atomic mass is 35.5. The Labute approximate surface area is 313 Å². The van der Waals surface area contributed by atoms with E-state index in [2.05, 4.69) is 0 Å². The van der Waals surface area contributed by atoms with E-state index in [1.165, 1.54) is 27.9 Å². The van der Waals surface area contributed by atoms with Gasteiger partial charge >= 0.3 is 23.9 Å². The van der Waals surface area contributed by atoms with Crippen molar-refractivity contribution in [1.29, 1.82) is 0 Å². The number of esters is 4. The van der Waals surface area contributed by atoms with Gasteiger partial charge in [-0.3, -0.25) is 24.0 Å². The van der Waals surface area contributed by atoms with Crippen molar-refractivity contribution in [1.82, 2.24) is 4.90 Å². The fourth-order valence-electron chi connectivity index (χ4n) is 6.37. The predicted molar refractivity (Wildman–Crippen MR) is 195 cm³/mol. The van der Waals surface area contributed by atoms with Crippen molar-refractivity contribution < 1.29 is 52.4 Å². The molecule has 0 N–H and O–H groups in total. The fraction of sp³-hybridized carbons (Fsp3) is 0.553. The van der Waals surface area contributed by atoms with Gasteiger partial charge in [-0.2, -0.15) is 0 Å². The number of nitrogens with zero attached hydrogens (tertiary/aromatic N) is 1. The van der Waals surface area contributed by atoms with Crippen LogP contribution in [0.25, 0.3) is 10.1 Å². The molecule has 2 aliphatic rings. The number of likely N-dealkylation sites (tertiary alicyclic amines) is 1. The molecule has 14 heteroatoms. The maximum atomic E-state index is 13.1. The molecule has 2 aliphatic heterocycles. The highest BCUT2D eigenvalue weighted by Crippen LogP contribution is 2.37. The molecule has 0 saturated carbocycles. The van der Waals surface area contributed by atoms with E-state index in [0.717, 1.165) is 27.8 Å². The summed E-state index contributed by atoms with van der Waals surface area (Å²) in [5.41, 5.74) is 0. The van der Waals surface area contributed by atoms with Crippen LogP contribution in [0.3, 0.4) is 0 Å². The molecule has 0 bridgehead atoms. The van der Waals surface area contributed by atoms with Crippen molar-refractivity contribution in [3.05, 3.63) is 58.5 Å². The van der Waals surface area contributed by atoms with Crippen molar-refractivity contribution in [2.45, 2.75) is 122 Å². The molecule has 0 spiro atoms. The van der Waals surface area contributed by atoms with Gasteiger partial charge in [0.1, 0.15) is 0 Å². The molecule has 284 valence electrons. The van der Waals surface area contributed by atoms with E-state index in [1.54, 1.807) is 18.3 Å². The Hall–Kier alpha value is -3.78. The first-order chi connectivity index (χ1) is 24.9. The molecule has 12 nitrogen and oxygen atoms in total. The Balaban J connectivity index is 1.60. The van der Waals surface area contributed by atoms with Gasteiger partial charge in [-0.25, -0.2) is 0 Å². The lowest BCUT2D eigenvalue weighted by Gasteiger charge is -2.44. The van der Waals surface area contributed by atoms with E-state index in [9.17, 15) is 24.0 Å². The molecule has 1 amide bonds. The zero-order chi connectivity index (χ0) is 37.8. The Kier molecular flexibility index (Phi) is 15.7. The highest BCUT2D eigenvalue weighted by molar-refractivity contribution is 7.19. The maximum Gasteiger partial charge on any atom is 0.305 e. The third kappa shape index (κ3) is 11.6. The number of carbonyl (C=O) groups excluding carboxylic acids is 5.